The molecule has 144 valence electrons. The Kier molecular flexibility index (Phi) is 8.64. The van der Waals surface area contributed by atoms with E-state index in [1.165, 1.54) is 50.0 Å². The van der Waals surface area contributed by atoms with Crippen LogP contribution >= 0.6 is 24.0 Å². The fourth-order valence-electron chi connectivity index (χ4n) is 3.42. The van der Waals surface area contributed by atoms with Crippen molar-refractivity contribution in [2.24, 2.45) is 4.99 Å². The minimum atomic E-state index is -0.211. The first-order valence-corrected chi connectivity index (χ1v) is 9.18. The second kappa shape index (κ2) is 10.7. The third-order valence-electron chi connectivity index (χ3n) is 4.81. The zero-order chi connectivity index (χ0) is 17.5. The van der Waals surface area contributed by atoms with Crippen molar-refractivity contribution in [2.75, 3.05) is 39.8 Å². The van der Waals surface area contributed by atoms with Gasteiger partial charge < -0.3 is 20.5 Å². The van der Waals surface area contributed by atoms with Crippen LogP contribution in [0.1, 0.15) is 24.8 Å². The minimum absolute atomic E-state index is 0. The Hall–Kier alpha value is -1.35. The van der Waals surface area contributed by atoms with E-state index in [0.717, 1.165) is 42.9 Å². The lowest BCUT2D eigenvalue weighted by Gasteiger charge is -2.26. The highest BCUT2D eigenvalue weighted by Crippen LogP contribution is 2.19. The molecule has 2 heterocycles. The van der Waals surface area contributed by atoms with Gasteiger partial charge in [0, 0.05) is 43.8 Å². The fourth-order valence-corrected chi connectivity index (χ4v) is 3.42. The monoisotopic (exact) mass is 473 g/mol. The van der Waals surface area contributed by atoms with Gasteiger partial charge in [0.15, 0.2) is 5.96 Å². The number of nitrogens with one attached hydrogen (secondary N) is 3. The van der Waals surface area contributed by atoms with E-state index in [1.807, 2.05) is 12.3 Å². The van der Waals surface area contributed by atoms with Crippen molar-refractivity contribution in [1.29, 1.82) is 0 Å². The van der Waals surface area contributed by atoms with Gasteiger partial charge in [-0.1, -0.05) is 6.42 Å². The summed E-state index contributed by atoms with van der Waals surface area (Å²) in [5.74, 6) is 0.625. The maximum atomic E-state index is 13.2. The van der Waals surface area contributed by atoms with Crippen molar-refractivity contribution < 1.29 is 4.39 Å². The van der Waals surface area contributed by atoms with E-state index in [4.69, 9.17) is 0 Å². The zero-order valence-corrected chi connectivity index (χ0v) is 17.7. The highest BCUT2D eigenvalue weighted by atomic mass is 127. The summed E-state index contributed by atoms with van der Waals surface area (Å²) >= 11 is 0. The summed E-state index contributed by atoms with van der Waals surface area (Å²) in [5.41, 5.74) is 2.03. The molecule has 1 saturated heterocycles. The van der Waals surface area contributed by atoms with Gasteiger partial charge in [0.1, 0.15) is 5.82 Å². The molecule has 0 amide bonds. The molecule has 1 aliphatic rings. The number of hydrogen-bond acceptors (Lipinski definition) is 2. The van der Waals surface area contributed by atoms with Gasteiger partial charge in [0.05, 0.1) is 0 Å². The standard InChI is InChI=1S/C19H28FN5.HI/c1-21-19(23-9-12-25-10-3-2-4-11-25)22-8-7-15-14-24-18-13-16(20)5-6-17(15)18;/h5-6,13-14,24H,2-4,7-12H2,1H3,(H2,21,22,23);1H. The van der Waals surface area contributed by atoms with Crippen LogP contribution < -0.4 is 10.6 Å². The molecule has 1 fully saturated rings. The van der Waals surface area contributed by atoms with Crippen molar-refractivity contribution in [3.05, 3.63) is 35.8 Å². The SMILES string of the molecule is CN=C(NCCc1c[nH]c2cc(F)ccc12)NCCN1CCCCC1.I. The molecule has 26 heavy (non-hydrogen) atoms. The number of rotatable bonds is 6. The molecule has 0 saturated carbocycles. The summed E-state index contributed by atoms with van der Waals surface area (Å²) in [5, 5.41) is 7.82. The molecule has 0 unspecified atom stereocenters. The van der Waals surface area contributed by atoms with Crippen LogP contribution in [0.25, 0.3) is 10.9 Å². The number of piperidine rings is 1. The van der Waals surface area contributed by atoms with E-state index in [1.54, 1.807) is 7.05 Å². The van der Waals surface area contributed by atoms with Crippen molar-refractivity contribution in [3.63, 3.8) is 0 Å². The maximum absolute atomic E-state index is 13.2. The van der Waals surface area contributed by atoms with Gasteiger partial charge >= 0.3 is 0 Å². The normalized spacial score (nSPS) is 15.7. The molecule has 0 radical (unpaired) electrons. The second-order valence-electron chi connectivity index (χ2n) is 6.58. The molecule has 1 aliphatic heterocycles. The van der Waals surface area contributed by atoms with Gasteiger partial charge in [0.25, 0.3) is 0 Å². The number of likely N-dealkylation sites (tertiary alicyclic amines) is 1. The second-order valence-corrected chi connectivity index (χ2v) is 6.58. The number of benzene rings is 1. The molecule has 7 heteroatoms. The van der Waals surface area contributed by atoms with Gasteiger partial charge in [-0.05, 0) is 56.1 Å². The minimum Gasteiger partial charge on any atom is -0.361 e. The molecule has 3 N–H and O–H groups in total. The Labute approximate surface area is 171 Å². The van der Waals surface area contributed by atoms with E-state index in [9.17, 15) is 4.39 Å². The predicted molar refractivity (Wildman–Crippen MR) is 117 cm³/mol. The van der Waals surface area contributed by atoms with Crippen LogP contribution in [0.5, 0.6) is 0 Å². The molecule has 0 aliphatic carbocycles. The number of H-pyrrole nitrogens is 1. The average Bonchev–Trinajstić information content (AvgIpc) is 3.03. The lowest BCUT2D eigenvalue weighted by atomic mass is 10.1. The summed E-state index contributed by atoms with van der Waals surface area (Å²) in [7, 11) is 1.80. The zero-order valence-electron chi connectivity index (χ0n) is 15.4. The molecule has 0 bridgehead atoms. The molecule has 2 aromatic rings. The van der Waals surface area contributed by atoms with Crippen molar-refractivity contribution in [3.8, 4) is 0 Å². The van der Waals surface area contributed by atoms with Gasteiger partial charge in [0.2, 0.25) is 0 Å². The third-order valence-corrected chi connectivity index (χ3v) is 4.81. The van der Waals surface area contributed by atoms with Gasteiger partial charge in [-0.15, -0.1) is 24.0 Å². The summed E-state index contributed by atoms with van der Waals surface area (Å²) in [6.07, 6.45) is 6.83. The number of halogens is 2. The van der Waals surface area contributed by atoms with Crippen LogP contribution in [0.15, 0.2) is 29.4 Å². The van der Waals surface area contributed by atoms with E-state index in [0.29, 0.717) is 0 Å². The molecular formula is C19H29FIN5. The number of aliphatic imine (C=N–C) groups is 1. The van der Waals surface area contributed by atoms with Crippen LogP contribution in [0, 0.1) is 5.82 Å². The molecule has 0 atom stereocenters. The topological polar surface area (TPSA) is 55.5 Å². The smallest absolute Gasteiger partial charge is 0.191 e. The quantitative estimate of drug-likeness (QED) is 0.344. The summed E-state index contributed by atoms with van der Waals surface area (Å²) in [6.45, 7) is 5.19. The molecule has 1 aromatic heterocycles. The van der Waals surface area contributed by atoms with Crippen LogP contribution in [0.4, 0.5) is 4.39 Å². The first-order valence-electron chi connectivity index (χ1n) is 9.18. The summed E-state index contributed by atoms with van der Waals surface area (Å²) in [4.78, 5) is 9.92. The van der Waals surface area contributed by atoms with Crippen LogP contribution in [0.2, 0.25) is 0 Å². The highest BCUT2D eigenvalue weighted by Gasteiger charge is 2.09. The van der Waals surface area contributed by atoms with Crippen molar-refractivity contribution >= 4 is 40.8 Å². The van der Waals surface area contributed by atoms with E-state index in [2.05, 4.69) is 25.5 Å². The number of fused-ring (bicyclic) bond motifs is 1. The Bertz CT molecular complexity index is 709. The van der Waals surface area contributed by atoms with Crippen molar-refractivity contribution in [1.82, 2.24) is 20.5 Å². The Balaban J connectivity index is 0.00000243. The summed E-state index contributed by atoms with van der Waals surface area (Å²) < 4.78 is 13.2. The molecule has 3 rings (SSSR count). The third kappa shape index (κ3) is 5.84. The Morgan fingerprint density at radius 1 is 1.19 bits per heavy atom. The van der Waals surface area contributed by atoms with Gasteiger partial charge in [-0.25, -0.2) is 4.39 Å². The van der Waals surface area contributed by atoms with E-state index >= 15 is 0 Å². The van der Waals surface area contributed by atoms with Crippen LogP contribution in [-0.2, 0) is 6.42 Å². The number of aromatic amines is 1. The molecule has 1 aromatic carbocycles. The highest BCUT2D eigenvalue weighted by molar-refractivity contribution is 14.0. The first-order chi connectivity index (χ1) is 12.3. The lowest BCUT2D eigenvalue weighted by Crippen LogP contribution is -2.43. The number of nitrogens with zero attached hydrogens (tertiary/aromatic N) is 2. The molecule has 0 spiro atoms. The van der Waals surface area contributed by atoms with Crippen LogP contribution in [0.3, 0.4) is 0 Å². The van der Waals surface area contributed by atoms with Crippen molar-refractivity contribution in [2.45, 2.75) is 25.7 Å². The number of aromatic nitrogens is 1. The fraction of sp³-hybridized carbons (Fsp3) is 0.526. The lowest BCUT2D eigenvalue weighted by molar-refractivity contribution is 0.232. The summed E-state index contributed by atoms with van der Waals surface area (Å²) in [6, 6.07) is 4.88. The average molecular weight is 473 g/mol. The Morgan fingerprint density at radius 2 is 1.96 bits per heavy atom. The molecular weight excluding hydrogens is 444 g/mol. The number of guanidine groups is 1. The van der Waals surface area contributed by atoms with Gasteiger partial charge in [-0.3, -0.25) is 4.99 Å². The first kappa shape index (κ1) is 21.0. The van der Waals surface area contributed by atoms with Crippen LogP contribution in [-0.4, -0.2) is 55.6 Å². The van der Waals surface area contributed by atoms with E-state index < -0.39 is 0 Å². The van der Waals surface area contributed by atoms with Gasteiger partial charge in [-0.2, -0.15) is 0 Å². The molecule has 5 nitrogen and oxygen atoms in total. The Morgan fingerprint density at radius 3 is 2.73 bits per heavy atom. The predicted octanol–water partition coefficient (Wildman–Crippen LogP) is 3.12. The largest absolute Gasteiger partial charge is 0.361 e. The maximum Gasteiger partial charge on any atom is 0.191 e. The number of hydrogen-bond donors (Lipinski definition) is 3. The van der Waals surface area contributed by atoms with E-state index in [-0.39, 0.29) is 29.8 Å².